The number of allylic oxidation sites excluding steroid dienone is 2. The van der Waals surface area contributed by atoms with Gasteiger partial charge in [-0.3, -0.25) is 14.4 Å². The molecule has 8 rings (SSSR count). The number of carbonyl (C=O) groups is 3. The van der Waals surface area contributed by atoms with E-state index in [0.717, 1.165) is 50.1 Å². The highest BCUT2D eigenvalue weighted by molar-refractivity contribution is 6.39. The van der Waals surface area contributed by atoms with Gasteiger partial charge in [-0.25, -0.2) is 4.90 Å². The molecule has 1 heterocycles. The number of fused-ring (bicyclic) bond motifs is 5. The summed E-state index contributed by atoms with van der Waals surface area (Å²) >= 11 is 0. The van der Waals surface area contributed by atoms with Crippen molar-refractivity contribution in [1.29, 1.82) is 0 Å². The maximum absolute atomic E-state index is 16.0. The molecule has 4 heteroatoms. The van der Waals surface area contributed by atoms with Crippen molar-refractivity contribution >= 4 is 34.4 Å². The van der Waals surface area contributed by atoms with E-state index < -0.39 is 22.7 Å². The zero-order valence-electron chi connectivity index (χ0n) is 26.0. The average molecular weight is 600 g/mol. The fourth-order valence-electron chi connectivity index (χ4n) is 8.59. The Morgan fingerprint density at radius 1 is 0.478 bits per heavy atom. The topological polar surface area (TPSA) is 54.5 Å². The second kappa shape index (κ2) is 10.1. The van der Waals surface area contributed by atoms with Gasteiger partial charge >= 0.3 is 0 Å². The zero-order chi connectivity index (χ0) is 31.8. The van der Waals surface area contributed by atoms with Crippen LogP contribution < -0.4 is 4.90 Å². The van der Waals surface area contributed by atoms with Crippen LogP contribution in [0.3, 0.4) is 0 Å². The van der Waals surface area contributed by atoms with Gasteiger partial charge in [0.2, 0.25) is 11.8 Å². The van der Waals surface area contributed by atoms with Gasteiger partial charge in [0.1, 0.15) is 0 Å². The van der Waals surface area contributed by atoms with Crippen molar-refractivity contribution in [1.82, 2.24) is 0 Å². The number of amides is 2. The Morgan fingerprint density at radius 2 is 0.913 bits per heavy atom. The second-order valence-electron chi connectivity index (χ2n) is 13.0. The van der Waals surface area contributed by atoms with Crippen LogP contribution in [0.1, 0.15) is 38.9 Å². The molecule has 0 radical (unpaired) electrons. The van der Waals surface area contributed by atoms with Gasteiger partial charge in [-0.2, -0.15) is 0 Å². The third-order valence-electron chi connectivity index (χ3n) is 10.4. The van der Waals surface area contributed by atoms with Crippen molar-refractivity contribution in [2.75, 3.05) is 4.90 Å². The molecule has 1 aliphatic heterocycles. The molecule has 0 spiro atoms. The number of carbonyl (C=O) groups excluding carboxylic acids is 3. The van der Waals surface area contributed by atoms with Crippen LogP contribution in [0.2, 0.25) is 0 Å². The minimum Gasteiger partial charge on any atom is -0.297 e. The molecule has 2 aliphatic carbocycles. The van der Waals surface area contributed by atoms with E-state index in [-0.39, 0.29) is 17.6 Å². The van der Waals surface area contributed by atoms with Crippen LogP contribution in [0, 0.1) is 32.6 Å². The summed E-state index contributed by atoms with van der Waals surface area (Å²) in [6, 6.07) is 43.3. The minimum atomic E-state index is -1.40. The smallest absolute Gasteiger partial charge is 0.239 e. The molecule has 4 atom stereocenters. The zero-order valence-corrected chi connectivity index (χ0v) is 26.0. The lowest BCUT2D eigenvalue weighted by Gasteiger charge is -2.39. The predicted octanol–water partition coefficient (Wildman–Crippen LogP) is 7.80. The van der Waals surface area contributed by atoms with E-state index >= 15 is 14.4 Å². The number of imide groups is 1. The molecule has 0 unspecified atom stereocenters. The summed E-state index contributed by atoms with van der Waals surface area (Å²) in [4.78, 5) is 47.4. The molecule has 0 aromatic heterocycles. The fourth-order valence-corrected chi connectivity index (χ4v) is 8.59. The van der Waals surface area contributed by atoms with Gasteiger partial charge in [-0.1, -0.05) is 132 Å². The van der Waals surface area contributed by atoms with Gasteiger partial charge in [-0.15, -0.1) is 0 Å². The molecule has 2 fully saturated rings. The SMILES string of the molecule is Cc1ccc(C2=C(c3ccc(C)cc3)[C@@]3(c4ccccc4)C(=O)[C@@]2(c2ccccc2)[C@@H]2C(=O)N(c4cccc(C)c4)C(=O)[C@H]23)cc1. The molecule has 46 heavy (non-hydrogen) atoms. The molecule has 3 aliphatic rings. The molecule has 1 saturated heterocycles. The number of nitrogens with zero attached hydrogens (tertiary/aromatic N) is 1. The number of hydrogen-bond acceptors (Lipinski definition) is 3. The molecule has 5 aromatic carbocycles. The molecule has 5 aromatic rings. The molecule has 2 amide bonds. The standard InChI is InChI=1S/C42H33NO3/c1-26-17-21-29(22-18-26)34-35(30-23-19-27(2)20-24-30)42(32-14-8-5-9-15-32)37-36(41(34,40(42)46)31-12-6-4-7-13-31)38(44)43(39(37)45)33-16-10-11-28(3)25-33/h4-25,36-37H,1-3H3/t36-,37-,41+,42+/m0/s1. The molecule has 2 bridgehead atoms. The monoisotopic (exact) mass is 599 g/mol. The van der Waals surface area contributed by atoms with Crippen molar-refractivity contribution in [2.45, 2.75) is 31.6 Å². The molecule has 224 valence electrons. The van der Waals surface area contributed by atoms with Crippen molar-refractivity contribution in [2.24, 2.45) is 11.8 Å². The highest BCUT2D eigenvalue weighted by atomic mass is 16.2. The van der Waals surface area contributed by atoms with E-state index in [0.29, 0.717) is 5.69 Å². The minimum absolute atomic E-state index is 0.107. The number of benzene rings is 5. The average Bonchev–Trinajstić information content (AvgIpc) is 3.58. The van der Waals surface area contributed by atoms with Gasteiger partial charge in [0.25, 0.3) is 0 Å². The second-order valence-corrected chi connectivity index (χ2v) is 13.0. The third kappa shape index (κ3) is 3.53. The summed E-state index contributed by atoms with van der Waals surface area (Å²) in [5.74, 6) is -2.63. The molecule has 0 N–H and O–H groups in total. The Morgan fingerprint density at radius 3 is 1.33 bits per heavy atom. The molecular weight excluding hydrogens is 566 g/mol. The predicted molar refractivity (Wildman–Crippen MR) is 181 cm³/mol. The Labute approximate surface area is 269 Å². The van der Waals surface area contributed by atoms with E-state index in [9.17, 15) is 0 Å². The van der Waals surface area contributed by atoms with E-state index in [1.165, 1.54) is 4.90 Å². The van der Waals surface area contributed by atoms with Crippen LogP contribution in [0.25, 0.3) is 11.1 Å². The summed E-state index contributed by atoms with van der Waals surface area (Å²) in [5.41, 5.74) is 5.72. The first-order valence-electron chi connectivity index (χ1n) is 15.8. The van der Waals surface area contributed by atoms with Crippen LogP contribution in [-0.2, 0) is 25.2 Å². The first-order valence-corrected chi connectivity index (χ1v) is 15.8. The van der Waals surface area contributed by atoms with Crippen molar-refractivity contribution in [3.05, 3.63) is 172 Å². The molecule has 1 saturated carbocycles. The Balaban J connectivity index is 1.56. The summed E-state index contributed by atoms with van der Waals surface area (Å²) in [5, 5.41) is 0. The van der Waals surface area contributed by atoms with Gasteiger partial charge in [0.05, 0.1) is 28.4 Å². The van der Waals surface area contributed by atoms with Gasteiger partial charge in [0.15, 0.2) is 5.78 Å². The first kappa shape index (κ1) is 28.1. The fraction of sp³-hybridized carbons (Fsp3) is 0.167. The number of ketones is 1. The third-order valence-corrected chi connectivity index (χ3v) is 10.4. The van der Waals surface area contributed by atoms with E-state index in [1.54, 1.807) is 0 Å². The van der Waals surface area contributed by atoms with Crippen LogP contribution in [0.15, 0.2) is 133 Å². The Kier molecular flexibility index (Phi) is 6.17. The number of rotatable bonds is 5. The van der Waals surface area contributed by atoms with Gasteiger partial charge in [0, 0.05) is 0 Å². The number of Topliss-reactive ketones (excluding diaryl/α,β-unsaturated/α-hetero) is 1. The Hall–Kier alpha value is -5.35. The van der Waals surface area contributed by atoms with E-state index in [1.807, 2.05) is 106 Å². The molecule has 4 nitrogen and oxygen atoms in total. The van der Waals surface area contributed by atoms with Gasteiger partial charge < -0.3 is 0 Å². The van der Waals surface area contributed by atoms with Crippen molar-refractivity contribution in [3.8, 4) is 0 Å². The first-order chi connectivity index (χ1) is 22.3. The lowest BCUT2D eigenvalue weighted by Crippen LogP contribution is -2.45. The lowest BCUT2D eigenvalue weighted by molar-refractivity contribution is -0.130. The van der Waals surface area contributed by atoms with Crippen LogP contribution >= 0.6 is 0 Å². The van der Waals surface area contributed by atoms with Gasteiger partial charge in [-0.05, 0) is 71.9 Å². The quantitative estimate of drug-likeness (QED) is 0.194. The maximum Gasteiger partial charge on any atom is 0.239 e. The maximum atomic E-state index is 16.0. The largest absolute Gasteiger partial charge is 0.297 e. The van der Waals surface area contributed by atoms with Crippen molar-refractivity contribution in [3.63, 3.8) is 0 Å². The number of hydrogen-bond donors (Lipinski definition) is 0. The van der Waals surface area contributed by atoms with E-state index in [2.05, 4.69) is 48.5 Å². The number of aryl methyl sites for hydroxylation is 3. The highest BCUT2D eigenvalue weighted by Crippen LogP contribution is 2.74. The summed E-state index contributed by atoms with van der Waals surface area (Å²) in [7, 11) is 0. The normalized spacial score (nSPS) is 25.0. The summed E-state index contributed by atoms with van der Waals surface area (Å²) in [6.45, 7) is 6.03. The van der Waals surface area contributed by atoms with Crippen molar-refractivity contribution < 1.29 is 14.4 Å². The summed E-state index contributed by atoms with van der Waals surface area (Å²) in [6.07, 6.45) is 0. The lowest BCUT2D eigenvalue weighted by atomic mass is 9.59. The van der Waals surface area contributed by atoms with Crippen LogP contribution in [0.5, 0.6) is 0 Å². The summed E-state index contributed by atoms with van der Waals surface area (Å²) < 4.78 is 0. The molecular formula is C42H33NO3. The highest BCUT2D eigenvalue weighted by Gasteiger charge is 2.82. The van der Waals surface area contributed by atoms with Crippen LogP contribution in [0.4, 0.5) is 5.69 Å². The Bertz CT molecular complexity index is 1950. The van der Waals surface area contributed by atoms with Crippen LogP contribution in [-0.4, -0.2) is 17.6 Å². The van der Waals surface area contributed by atoms with E-state index in [4.69, 9.17) is 0 Å². The number of anilines is 1.